The van der Waals surface area contributed by atoms with Gasteiger partial charge in [0.15, 0.2) is 0 Å². The maximum absolute atomic E-state index is 12.7. The van der Waals surface area contributed by atoms with Crippen molar-refractivity contribution >= 4 is 11.6 Å². The maximum atomic E-state index is 12.7. The molecule has 110 valence electrons. The van der Waals surface area contributed by atoms with Gasteiger partial charge in [-0.05, 0) is 24.6 Å². The molecule has 4 heteroatoms. The van der Waals surface area contributed by atoms with Crippen molar-refractivity contribution in [2.45, 2.75) is 19.8 Å². The Bertz CT molecular complexity index is 662. The first kappa shape index (κ1) is 15.0. The summed E-state index contributed by atoms with van der Waals surface area (Å²) in [5.41, 5.74) is 1.11. The number of anilines is 1. The van der Waals surface area contributed by atoms with Gasteiger partial charge in [0.1, 0.15) is 0 Å². The zero-order valence-electron chi connectivity index (χ0n) is 12.5. The van der Waals surface area contributed by atoms with E-state index in [1.54, 1.807) is 24.2 Å². The van der Waals surface area contributed by atoms with Crippen LogP contribution in [0.1, 0.15) is 30.1 Å². The van der Waals surface area contributed by atoms with Crippen LogP contribution in [0.4, 0.5) is 5.69 Å². The summed E-state index contributed by atoms with van der Waals surface area (Å²) < 4.78 is 1.45. The first-order valence-corrected chi connectivity index (χ1v) is 7.17. The van der Waals surface area contributed by atoms with Crippen LogP contribution < -0.4 is 10.5 Å². The average Bonchev–Trinajstić information content (AvgIpc) is 2.51. The summed E-state index contributed by atoms with van der Waals surface area (Å²) in [6.45, 7) is 2.74. The molecule has 0 saturated heterocycles. The van der Waals surface area contributed by atoms with Gasteiger partial charge >= 0.3 is 0 Å². The van der Waals surface area contributed by atoms with Gasteiger partial charge in [0.25, 0.3) is 11.5 Å². The highest BCUT2D eigenvalue weighted by molar-refractivity contribution is 6.05. The van der Waals surface area contributed by atoms with E-state index in [0.29, 0.717) is 12.1 Å². The molecule has 0 N–H and O–H groups in total. The van der Waals surface area contributed by atoms with Gasteiger partial charge in [0, 0.05) is 37.1 Å². The molecule has 2 rings (SSSR count). The van der Waals surface area contributed by atoms with Crippen molar-refractivity contribution in [3.05, 3.63) is 64.6 Å². The number of nitrogens with zero attached hydrogens (tertiary/aromatic N) is 2. The molecule has 0 unspecified atom stereocenters. The average molecular weight is 284 g/mol. The van der Waals surface area contributed by atoms with E-state index < -0.39 is 0 Å². The van der Waals surface area contributed by atoms with Crippen molar-refractivity contribution in [3.63, 3.8) is 0 Å². The van der Waals surface area contributed by atoms with Crippen LogP contribution in [-0.2, 0) is 7.05 Å². The Balaban J connectivity index is 2.33. The Morgan fingerprint density at radius 3 is 2.52 bits per heavy atom. The first-order chi connectivity index (χ1) is 10.1. The summed E-state index contributed by atoms with van der Waals surface area (Å²) in [4.78, 5) is 26.1. The van der Waals surface area contributed by atoms with Gasteiger partial charge < -0.3 is 9.47 Å². The standard InChI is InChI=1S/C17H20N2O2/c1-3-4-11-19(15-8-6-5-7-9-15)17(21)14-10-12-18(2)16(20)13-14/h5-10,12-13H,3-4,11H2,1-2H3. The molecule has 1 aromatic carbocycles. The third-order valence-electron chi connectivity index (χ3n) is 3.40. The topological polar surface area (TPSA) is 42.3 Å². The molecule has 0 aliphatic heterocycles. The summed E-state index contributed by atoms with van der Waals surface area (Å²) >= 11 is 0. The molecule has 2 aromatic rings. The Hall–Kier alpha value is -2.36. The molecule has 0 aliphatic carbocycles. The van der Waals surface area contributed by atoms with E-state index in [0.717, 1.165) is 18.5 Å². The molecule has 0 saturated carbocycles. The molecule has 4 nitrogen and oxygen atoms in total. The molecule has 1 amide bonds. The van der Waals surface area contributed by atoms with Gasteiger partial charge in [-0.25, -0.2) is 0 Å². The number of unbranched alkanes of at least 4 members (excludes halogenated alkanes) is 1. The number of aryl methyl sites for hydroxylation is 1. The molecule has 0 spiro atoms. The smallest absolute Gasteiger partial charge is 0.258 e. The SMILES string of the molecule is CCCCN(C(=O)c1ccn(C)c(=O)c1)c1ccccc1. The largest absolute Gasteiger partial charge is 0.319 e. The van der Waals surface area contributed by atoms with Crippen molar-refractivity contribution in [1.82, 2.24) is 4.57 Å². The van der Waals surface area contributed by atoms with Gasteiger partial charge in [-0.15, -0.1) is 0 Å². The molecule has 1 aromatic heterocycles. The van der Waals surface area contributed by atoms with E-state index in [1.807, 2.05) is 30.3 Å². The number of carbonyl (C=O) groups is 1. The quantitative estimate of drug-likeness (QED) is 0.847. The molecule has 0 bridgehead atoms. The molecule has 0 radical (unpaired) electrons. The second-order valence-electron chi connectivity index (χ2n) is 5.01. The lowest BCUT2D eigenvalue weighted by Crippen LogP contribution is -2.33. The Morgan fingerprint density at radius 2 is 1.90 bits per heavy atom. The lowest BCUT2D eigenvalue weighted by atomic mass is 10.2. The number of aromatic nitrogens is 1. The predicted octanol–water partition coefficient (Wildman–Crippen LogP) is 2.83. The van der Waals surface area contributed by atoms with Crippen molar-refractivity contribution in [3.8, 4) is 0 Å². The summed E-state index contributed by atoms with van der Waals surface area (Å²) in [7, 11) is 1.67. The molecule has 21 heavy (non-hydrogen) atoms. The van der Waals surface area contributed by atoms with Gasteiger partial charge in [-0.1, -0.05) is 31.5 Å². The number of pyridine rings is 1. The highest BCUT2D eigenvalue weighted by Gasteiger charge is 2.17. The van der Waals surface area contributed by atoms with Crippen LogP contribution in [0.2, 0.25) is 0 Å². The summed E-state index contributed by atoms with van der Waals surface area (Å²) in [6, 6.07) is 12.6. The maximum Gasteiger partial charge on any atom is 0.258 e. The summed E-state index contributed by atoms with van der Waals surface area (Å²) in [5, 5.41) is 0. The normalized spacial score (nSPS) is 10.4. The van der Waals surface area contributed by atoms with Crippen LogP contribution in [0.15, 0.2) is 53.5 Å². The number of benzene rings is 1. The number of amides is 1. The van der Waals surface area contributed by atoms with Crippen molar-refractivity contribution in [2.75, 3.05) is 11.4 Å². The number of para-hydroxylation sites is 1. The van der Waals surface area contributed by atoms with Crippen LogP contribution in [0.5, 0.6) is 0 Å². The summed E-state index contributed by atoms with van der Waals surface area (Å²) in [6.07, 6.45) is 3.55. The van der Waals surface area contributed by atoms with E-state index in [2.05, 4.69) is 6.92 Å². The molecule has 0 aliphatic rings. The van der Waals surface area contributed by atoms with E-state index in [4.69, 9.17) is 0 Å². The van der Waals surface area contributed by atoms with Gasteiger partial charge in [-0.2, -0.15) is 0 Å². The van der Waals surface area contributed by atoms with E-state index in [1.165, 1.54) is 10.6 Å². The first-order valence-electron chi connectivity index (χ1n) is 7.17. The third kappa shape index (κ3) is 3.60. The fourth-order valence-corrected chi connectivity index (χ4v) is 2.11. The monoisotopic (exact) mass is 284 g/mol. The van der Waals surface area contributed by atoms with Gasteiger partial charge in [0.05, 0.1) is 0 Å². The van der Waals surface area contributed by atoms with Crippen LogP contribution in [0.3, 0.4) is 0 Å². The Kier molecular flexibility index (Phi) is 4.93. The molecular formula is C17H20N2O2. The second-order valence-corrected chi connectivity index (χ2v) is 5.01. The van der Waals surface area contributed by atoms with E-state index >= 15 is 0 Å². The highest BCUT2D eigenvalue weighted by Crippen LogP contribution is 2.17. The number of hydrogen-bond donors (Lipinski definition) is 0. The minimum Gasteiger partial charge on any atom is -0.319 e. The molecule has 0 fully saturated rings. The number of rotatable bonds is 5. The Morgan fingerprint density at radius 1 is 1.19 bits per heavy atom. The minimum absolute atomic E-state index is 0.132. The summed E-state index contributed by atoms with van der Waals surface area (Å²) in [5.74, 6) is -0.132. The highest BCUT2D eigenvalue weighted by atomic mass is 16.2. The predicted molar refractivity (Wildman–Crippen MR) is 84.7 cm³/mol. The van der Waals surface area contributed by atoms with Crippen LogP contribution >= 0.6 is 0 Å². The number of carbonyl (C=O) groups excluding carboxylic acids is 1. The Labute approximate surface area is 124 Å². The van der Waals surface area contributed by atoms with Crippen molar-refractivity contribution in [2.24, 2.45) is 7.05 Å². The minimum atomic E-state index is -0.177. The van der Waals surface area contributed by atoms with Gasteiger partial charge in [0.2, 0.25) is 0 Å². The fraction of sp³-hybridized carbons (Fsp3) is 0.294. The second kappa shape index (κ2) is 6.88. The van der Waals surface area contributed by atoms with Gasteiger partial charge in [-0.3, -0.25) is 9.59 Å². The fourth-order valence-electron chi connectivity index (χ4n) is 2.11. The van der Waals surface area contributed by atoms with Crippen molar-refractivity contribution < 1.29 is 4.79 Å². The van der Waals surface area contributed by atoms with E-state index in [9.17, 15) is 9.59 Å². The van der Waals surface area contributed by atoms with Crippen LogP contribution in [-0.4, -0.2) is 17.0 Å². The lowest BCUT2D eigenvalue weighted by Gasteiger charge is -2.22. The third-order valence-corrected chi connectivity index (χ3v) is 3.40. The van der Waals surface area contributed by atoms with Crippen molar-refractivity contribution in [1.29, 1.82) is 0 Å². The molecular weight excluding hydrogens is 264 g/mol. The molecule has 0 atom stereocenters. The molecule has 1 heterocycles. The van der Waals surface area contributed by atoms with E-state index in [-0.39, 0.29) is 11.5 Å². The van der Waals surface area contributed by atoms with Crippen LogP contribution in [0.25, 0.3) is 0 Å². The zero-order chi connectivity index (χ0) is 15.2. The lowest BCUT2D eigenvalue weighted by molar-refractivity contribution is 0.0986. The zero-order valence-corrected chi connectivity index (χ0v) is 12.5. The van der Waals surface area contributed by atoms with Crippen LogP contribution in [0, 0.1) is 0 Å². The number of hydrogen-bond acceptors (Lipinski definition) is 2.